The second kappa shape index (κ2) is 6.38. The van der Waals surface area contributed by atoms with Crippen molar-refractivity contribution in [2.24, 2.45) is 0 Å². The van der Waals surface area contributed by atoms with Crippen LogP contribution in [0.1, 0.15) is 18.4 Å². The third kappa shape index (κ3) is 3.48. The molecule has 0 radical (unpaired) electrons. The molecule has 6 nitrogen and oxygen atoms in total. The van der Waals surface area contributed by atoms with Gasteiger partial charge in [-0.25, -0.2) is 4.79 Å². The molecular formula is C14H17NO5. The molecule has 1 aliphatic heterocycles. The van der Waals surface area contributed by atoms with Crippen LogP contribution < -0.4 is 10.1 Å². The number of carbonyl (C=O) groups is 2. The Bertz CT molecular complexity index is 502. The molecule has 2 N–H and O–H groups in total. The third-order valence-electron chi connectivity index (χ3n) is 3.19. The summed E-state index contributed by atoms with van der Waals surface area (Å²) >= 11 is 0. The number of carbonyl (C=O) groups excluding carboxylic acids is 1. The van der Waals surface area contributed by atoms with Crippen LogP contribution in [-0.2, 0) is 20.9 Å². The van der Waals surface area contributed by atoms with E-state index in [0.29, 0.717) is 19.4 Å². The Balaban J connectivity index is 1.85. The van der Waals surface area contributed by atoms with E-state index in [0.717, 1.165) is 11.3 Å². The first-order chi connectivity index (χ1) is 9.60. The molecule has 108 valence electrons. The third-order valence-corrected chi connectivity index (χ3v) is 3.19. The largest absolute Gasteiger partial charge is 0.497 e. The number of nitrogens with one attached hydrogen (secondary N) is 1. The molecule has 2 atom stereocenters. The summed E-state index contributed by atoms with van der Waals surface area (Å²) in [6.07, 6.45) is -0.752. The first-order valence-corrected chi connectivity index (χ1v) is 6.39. The van der Waals surface area contributed by atoms with E-state index in [2.05, 4.69) is 5.32 Å². The second-order valence-corrected chi connectivity index (χ2v) is 4.60. The minimum Gasteiger partial charge on any atom is -0.497 e. The van der Waals surface area contributed by atoms with Crippen molar-refractivity contribution in [2.75, 3.05) is 7.11 Å². The summed E-state index contributed by atoms with van der Waals surface area (Å²) in [5, 5.41) is 11.5. The van der Waals surface area contributed by atoms with Crippen LogP contribution in [0, 0.1) is 0 Å². The lowest BCUT2D eigenvalue weighted by Gasteiger charge is -2.12. The number of carboxylic acids is 1. The first kappa shape index (κ1) is 14.3. The van der Waals surface area contributed by atoms with E-state index in [-0.39, 0.29) is 5.91 Å². The molecule has 1 aromatic carbocycles. The van der Waals surface area contributed by atoms with E-state index in [1.54, 1.807) is 7.11 Å². The monoisotopic (exact) mass is 279 g/mol. The number of rotatable bonds is 5. The molecule has 6 heteroatoms. The zero-order chi connectivity index (χ0) is 14.5. The fourth-order valence-corrected chi connectivity index (χ4v) is 2.10. The maximum atomic E-state index is 11.9. The zero-order valence-corrected chi connectivity index (χ0v) is 11.2. The summed E-state index contributed by atoms with van der Waals surface area (Å²) in [6.45, 7) is 0.355. The summed E-state index contributed by atoms with van der Waals surface area (Å²) in [5.74, 6) is -0.579. The number of aliphatic carboxylic acids is 1. The summed E-state index contributed by atoms with van der Waals surface area (Å²) in [4.78, 5) is 22.6. The van der Waals surface area contributed by atoms with Crippen molar-refractivity contribution in [3.05, 3.63) is 29.8 Å². The van der Waals surface area contributed by atoms with Crippen LogP contribution in [0.5, 0.6) is 5.75 Å². The maximum absolute atomic E-state index is 11.9. The van der Waals surface area contributed by atoms with Gasteiger partial charge in [-0.3, -0.25) is 4.79 Å². The van der Waals surface area contributed by atoms with Gasteiger partial charge in [0.15, 0.2) is 6.10 Å². The van der Waals surface area contributed by atoms with Gasteiger partial charge in [0, 0.05) is 6.54 Å². The highest BCUT2D eigenvalue weighted by atomic mass is 16.5. The van der Waals surface area contributed by atoms with Crippen molar-refractivity contribution in [3.63, 3.8) is 0 Å². The molecule has 0 aromatic heterocycles. The number of ether oxygens (including phenoxy) is 2. The minimum absolute atomic E-state index is 0.281. The Morgan fingerprint density at radius 1 is 1.40 bits per heavy atom. The highest BCUT2D eigenvalue weighted by Crippen LogP contribution is 2.20. The molecular weight excluding hydrogens is 262 g/mol. The Hall–Kier alpha value is -2.08. The predicted molar refractivity (Wildman–Crippen MR) is 70.4 cm³/mol. The molecule has 0 spiro atoms. The molecule has 1 aliphatic rings. The fraction of sp³-hybridized carbons (Fsp3) is 0.429. The Morgan fingerprint density at radius 3 is 2.80 bits per heavy atom. The normalized spacial score (nSPS) is 21.4. The van der Waals surface area contributed by atoms with E-state index < -0.39 is 18.2 Å². The van der Waals surface area contributed by atoms with E-state index in [4.69, 9.17) is 14.6 Å². The average Bonchev–Trinajstić information content (AvgIpc) is 2.95. The van der Waals surface area contributed by atoms with Gasteiger partial charge in [-0.05, 0) is 30.5 Å². The van der Waals surface area contributed by atoms with Gasteiger partial charge >= 0.3 is 5.97 Å². The molecule has 20 heavy (non-hydrogen) atoms. The van der Waals surface area contributed by atoms with Crippen LogP contribution in [0.4, 0.5) is 0 Å². The number of hydrogen-bond acceptors (Lipinski definition) is 4. The number of carboxylic acid groups (broad SMARTS) is 1. The van der Waals surface area contributed by atoms with Crippen molar-refractivity contribution >= 4 is 11.9 Å². The van der Waals surface area contributed by atoms with Gasteiger partial charge < -0.3 is 19.9 Å². The van der Waals surface area contributed by atoms with Crippen molar-refractivity contribution in [2.45, 2.75) is 31.6 Å². The average molecular weight is 279 g/mol. The number of hydrogen-bond donors (Lipinski definition) is 2. The van der Waals surface area contributed by atoms with Gasteiger partial charge in [-0.2, -0.15) is 0 Å². The second-order valence-electron chi connectivity index (χ2n) is 4.60. The molecule has 2 unspecified atom stereocenters. The molecule has 0 saturated carbocycles. The molecule has 1 heterocycles. The molecule has 1 amide bonds. The van der Waals surface area contributed by atoms with Crippen LogP contribution >= 0.6 is 0 Å². The SMILES string of the molecule is COc1cccc(CNC(=O)C2CCC(C(=O)O)O2)c1. The number of amides is 1. The maximum Gasteiger partial charge on any atom is 0.332 e. The van der Waals surface area contributed by atoms with E-state index in [1.165, 1.54) is 0 Å². The minimum atomic E-state index is -1.02. The smallest absolute Gasteiger partial charge is 0.332 e. The van der Waals surface area contributed by atoms with Gasteiger partial charge in [-0.1, -0.05) is 12.1 Å². The quantitative estimate of drug-likeness (QED) is 0.838. The van der Waals surface area contributed by atoms with Gasteiger partial charge in [-0.15, -0.1) is 0 Å². The highest BCUT2D eigenvalue weighted by molar-refractivity contribution is 5.82. The van der Waals surface area contributed by atoms with Gasteiger partial charge in [0.05, 0.1) is 7.11 Å². The highest BCUT2D eigenvalue weighted by Gasteiger charge is 2.34. The van der Waals surface area contributed by atoms with Crippen molar-refractivity contribution in [1.82, 2.24) is 5.32 Å². The zero-order valence-electron chi connectivity index (χ0n) is 11.2. The van der Waals surface area contributed by atoms with Crippen molar-refractivity contribution in [3.8, 4) is 5.75 Å². The number of benzene rings is 1. The molecule has 0 aliphatic carbocycles. The van der Waals surface area contributed by atoms with E-state index in [9.17, 15) is 9.59 Å². The fourth-order valence-electron chi connectivity index (χ4n) is 2.10. The lowest BCUT2D eigenvalue weighted by atomic mass is 10.1. The molecule has 1 fully saturated rings. The molecule has 1 aromatic rings. The Labute approximate surface area is 116 Å². The van der Waals surface area contributed by atoms with Gasteiger partial charge in [0.1, 0.15) is 11.9 Å². The lowest BCUT2D eigenvalue weighted by molar-refractivity contribution is -0.151. The first-order valence-electron chi connectivity index (χ1n) is 6.39. The summed E-state index contributed by atoms with van der Waals surface area (Å²) in [5.41, 5.74) is 0.908. The molecule has 1 saturated heterocycles. The van der Waals surface area contributed by atoms with Crippen LogP contribution in [0.3, 0.4) is 0 Å². The van der Waals surface area contributed by atoms with Crippen LogP contribution in [0.2, 0.25) is 0 Å². The summed E-state index contributed by atoms with van der Waals surface area (Å²) in [7, 11) is 1.58. The standard InChI is InChI=1S/C14H17NO5/c1-19-10-4-2-3-9(7-10)8-15-13(16)11-5-6-12(20-11)14(17)18/h2-4,7,11-12H,5-6,8H2,1H3,(H,15,16)(H,17,18). The van der Waals surface area contributed by atoms with Gasteiger partial charge in [0.2, 0.25) is 5.91 Å². The summed E-state index contributed by atoms with van der Waals surface area (Å²) in [6, 6.07) is 7.36. The summed E-state index contributed by atoms with van der Waals surface area (Å²) < 4.78 is 10.3. The van der Waals surface area contributed by atoms with E-state index in [1.807, 2.05) is 24.3 Å². The van der Waals surface area contributed by atoms with E-state index >= 15 is 0 Å². The Morgan fingerprint density at radius 2 is 2.15 bits per heavy atom. The Kier molecular flexibility index (Phi) is 4.57. The van der Waals surface area contributed by atoms with Crippen molar-refractivity contribution < 1.29 is 24.2 Å². The number of methoxy groups -OCH3 is 1. The lowest BCUT2D eigenvalue weighted by Crippen LogP contribution is -2.35. The molecule has 0 bridgehead atoms. The van der Waals surface area contributed by atoms with Crippen LogP contribution in [0.15, 0.2) is 24.3 Å². The van der Waals surface area contributed by atoms with Gasteiger partial charge in [0.25, 0.3) is 0 Å². The van der Waals surface area contributed by atoms with Crippen LogP contribution in [0.25, 0.3) is 0 Å². The predicted octanol–water partition coefficient (Wildman–Crippen LogP) is 0.944. The molecule has 2 rings (SSSR count). The van der Waals surface area contributed by atoms with Crippen molar-refractivity contribution in [1.29, 1.82) is 0 Å². The van der Waals surface area contributed by atoms with Crippen LogP contribution in [-0.4, -0.2) is 36.3 Å². The topological polar surface area (TPSA) is 84.9 Å².